The Morgan fingerprint density at radius 1 is 1.29 bits per heavy atom. The number of nitrogens with zero attached hydrogens (tertiary/aromatic N) is 5. The zero-order valence-corrected chi connectivity index (χ0v) is 17.3. The third-order valence-electron chi connectivity index (χ3n) is 5.29. The average molecular weight is 434 g/mol. The second kappa shape index (κ2) is 7.06. The molecule has 31 heavy (non-hydrogen) atoms. The minimum Gasteiger partial charge on any atom is -0.398 e. The van der Waals surface area contributed by atoms with Crippen LogP contribution in [0.2, 0.25) is 0 Å². The molecule has 0 spiro atoms. The first kappa shape index (κ1) is 19.0. The highest BCUT2D eigenvalue weighted by atomic mass is 32.1. The second-order valence-corrected chi connectivity index (χ2v) is 8.23. The standard InChI is InChI=1S/C20H18N8O2S/c1-26-16-13(17-18(26)25-15(31-17)10-27-6-5-23-20(27)30)8-24-28(19(16)29)9-11-3-2-4-14(22)12(11)7-21/h2-8,21H,9-10,22H2,1H3,(H,23,30). The highest BCUT2D eigenvalue weighted by Gasteiger charge is 2.19. The van der Waals surface area contributed by atoms with Crippen LogP contribution in [0.4, 0.5) is 5.69 Å². The molecule has 0 aliphatic rings. The maximum atomic E-state index is 13.2. The quantitative estimate of drug-likeness (QED) is 0.284. The summed E-state index contributed by atoms with van der Waals surface area (Å²) in [5.74, 6) is 0. The number of nitrogens with one attached hydrogen (secondary N) is 2. The Morgan fingerprint density at radius 3 is 2.87 bits per heavy atom. The average Bonchev–Trinajstić information content (AvgIpc) is 3.41. The SMILES string of the molecule is Cn1c2nc(Cn3cc[nH]c3=O)sc2c2cnn(Cc3cccc(N)c3C=N)c(=O)c21. The van der Waals surface area contributed by atoms with Gasteiger partial charge in [-0.1, -0.05) is 12.1 Å². The maximum Gasteiger partial charge on any atom is 0.325 e. The molecule has 4 heterocycles. The lowest BCUT2D eigenvalue weighted by Crippen LogP contribution is -2.25. The normalized spacial score (nSPS) is 11.5. The summed E-state index contributed by atoms with van der Waals surface area (Å²) in [4.78, 5) is 32.2. The third-order valence-corrected chi connectivity index (χ3v) is 6.35. The number of fused-ring (bicyclic) bond motifs is 3. The number of hydrogen-bond acceptors (Lipinski definition) is 7. The van der Waals surface area contributed by atoms with Gasteiger partial charge in [-0.2, -0.15) is 5.10 Å². The molecule has 1 aromatic carbocycles. The van der Waals surface area contributed by atoms with E-state index < -0.39 is 0 Å². The van der Waals surface area contributed by atoms with E-state index in [1.54, 1.807) is 42.3 Å². The van der Waals surface area contributed by atoms with Crippen LogP contribution >= 0.6 is 11.3 Å². The smallest absolute Gasteiger partial charge is 0.325 e. The molecule has 0 saturated heterocycles. The van der Waals surface area contributed by atoms with Crippen LogP contribution in [0.25, 0.3) is 21.3 Å². The van der Waals surface area contributed by atoms with Crippen molar-refractivity contribution in [2.75, 3.05) is 5.73 Å². The van der Waals surface area contributed by atoms with E-state index >= 15 is 0 Å². The number of aryl methyl sites for hydroxylation is 1. The van der Waals surface area contributed by atoms with E-state index in [4.69, 9.17) is 11.1 Å². The summed E-state index contributed by atoms with van der Waals surface area (Å²) in [7, 11) is 1.80. The minimum atomic E-state index is -0.244. The molecule has 0 fully saturated rings. The highest BCUT2D eigenvalue weighted by Crippen LogP contribution is 2.31. The van der Waals surface area contributed by atoms with E-state index in [0.717, 1.165) is 20.7 Å². The molecule has 0 aliphatic heterocycles. The van der Waals surface area contributed by atoms with Gasteiger partial charge >= 0.3 is 5.69 Å². The fourth-order valence-electron chi connectivity index (χ4n) is 3.74. The summed E-state index contributed by atoms with van der Waals surface area (Å²) in [5, 5.41) is 13.5. The van der Waals surface area contributed by atoms with E-state index in [1.165, 1.54) is 26.8 Å². The van der Waals surface area contributed by atoms with Crippen LogP contribution in [0.3, 0.4) is 0 Å². The Labute approximate surface area is 178 Å². The fraction of sp³-hybridized carbons (Fsp3) is 0.150. The molecular weight excluding hydrogens is 416 g/mol. The summed E-state index contributed by atoms with van der Waals surface area (Å²) in [6, 6.07) is 5.34. The first-order chi connectivity index (χ1) is 15.0. The number of H-pyrrole nitrogens is 1. The lowest BCUT2D eigenvalue weighted by atomic mass is 10.1. The van der Waals surface area contributed by atoms with Gasteiger partial charge in [0.05, 0.1) is 24.0 Å². The zero-order chi connectivity index (χ0) is 21.7. The summed E-state index contributed by atoms with van der Waals surface area (Å²) in [5.41, 5.74) is 8.52. The number of aromatic amines is 1. The molecular formula is C20H18N8O2S. The molecule has 0 unspecified atom stereocenters. The van der Waals surface area contributed by atoms with Crippen LogP contribution in [0.15, 0.2) is 46.4 Å². The van der Waals surface area contributed by atoms with Gasteiger partial charge in [0.25, 0.3) is 5.56 Å². The molecule has 0 saturated carbocycles. The number of imidazole rings is 1. The molecule has 4 N–H and O–H groups in total. The molecule has 11 heteroatoms. The highest BCUT2D eigenvalue weighted by molar-refractivity contribution is 7.19. The van der Waals surface area contributed by atoms with Gasteiger partial charge in [-0.25, -0.2) is 14.5 Å². The predicted octanol–water partition coefficient (Wildman–Crippen LogP) is 1.51. The van der Waals surface area contributed by atoms with E-state index in [2.05, 4.69) is 15.1 Å². The number of aromatic nitrogens is 6. The van der Waals surface area contributed by atoms with Gasteiger partial charge in [0.15, 0.2) is 5.65 Å². The molecule has 0 radical (unpaired) electrons. The Bertz CT molecular complexity index is 1580. The number of nitrogens with two attached hydrogens (primary N) is 1. The molecule has 10 nitrogen and oxygen atoms in total. The molecule has 0 aliphatic carbocycles. The van der Waals surface area contributed by atoms with Crippen molar-refractivity contribution in [2.45, 2.75) is 13.1 Å². The van der Waals surface area contributed by atoms with Crippen LogP contribution in [0, 0.1) is 5.41 Å². The van der Waals surface area contributed by atoms with E-state index in [-0.39, 0.29) is 17.8 Å². The van der Waals surface area contributed by atoms with Crippen LogP contribution in [-0.2, 0) is 20.1 Å². The Balaban J connectivity index is 1.59. The summed E-state index contributed by atoms with van der Waals surface area (Å²) < 4.78 is 5.53. The predicted molar refractivity (Wildman–Crippen MR) is 120 cm³/mol. The van der Waals surface area contributed by atoms with Crippen LogP contribution < -0.4 is 17.0 Å². The van der Waals surface area contributed by atoms with Crippen molar-refractivity contribution in [2.24, 2.45) is 7.05 Å². The van der Waals surface area contributed by atoms with Gasteiger partial charge in [0, 0.05) is 42.3 Å². The van der Waals surface area contributed by atoms with E-state index in [9.17, 15) is 9.59 Å². The number of rotatable bonds is 5. The van der Waals surface area contributed by atoms with Gasteiger partial charge in [-0.05, 0) is 11.6 Å². The lowest BCUT2D eigenvalue weighted by molar-refractivity contribution is 0.644. The summed E-state index contributed by atoms with van der Waals surface area (Å²) in [6.07, 6.45) is 6.11. The third kappa shape index (κ3) is 2.97. The number of nitrogen functional groups attached to an aromatic ring is 1. The first-order valence-corrected chi connectivity index (χ1v) is 10.2. The van der Waals surface area contributed by atoms with Crippen molar-refractivity contribution in [3.05, 3.63) is 73.8 Å². The van der Waals surface area contributed by atoms with Crippen LogP contribution in [0.1, 0.15) is 16.1 Å². The topological polar surface area (TPSA) is 140 Å². The van der Waals surface area contributed by atoms with Crippen molar-refractivity contribution in [3.63, 3.8) is 0 Å². The van der Waals surface area contributed by atoms with Gasteiger partial charge in [0.1, 0.15) is 10.5 Å². The Kier molecular flexibility index (Phi) is 4.33. The molecule has 5 rings (SSSR count). The van der Waals surface area contributed by atoms with Crippen LogP contribution in [-0.4, -0.2) is 35.1 Å². The monoisotopic (exact) mass is 434 g/mol. The molecule has 156 valence electrons. The van der Waals surface area contributed by atoms with Gasteiger partial charge in [0.2, 0.25) is 0 Å². The Morgan fingerprint density at radius 2 is 2.13 bits per heavy atom. The first-order valence-electron chi connectivity index (χ1n) is 9.43. The zero-order valence-electron chi connectivity index (χ0n) is 16.5. The fourth-order valence-corrected chi connectivity index (χ4v) is 4.84. The maximum absolute atomic E-state index is 13.2. The van der Waals surface area contributed by atoms with Crippen molar-refractivity contribution in [1.82, 2.24) is 28.9 Å². The van der Waals surface area contributed by atoms with Crippen LogP contribution in [0.5, 0.6) is 0 Å². The van der Waals surface area contributed by atoms with Crippen molar-refractivity contribution in [3.8, 4) is 0 Å². The minimum absolute atomic E-state index is 0.195. The molecule has 0 amide bonds. The molecule has 0 bridgehead atoms. The molecule has 0 atom stereocenters. The van der Waals surface area contributed by atoms with E-state index in [0.29, 0.717) is 29.0 Å². The van der Waals surface area contributed by atoms with E-state index in [1.807, 2.05) is 6.07 Å². The van der Waals surface area contributed by atoms with Gasteiger partial charge in [-0.3, -0.25) is 9.36 Å². The molecule has 5 aromatic rings. The Hall–Kier alpha value is -3.99. The number of hydrogen-bond donors (Lipinski definition) is 3. The number of anilines is 1. The van der Waals surface area contributed by atoms with Gasteiger partial charge < -0.3 is 20.7 Å². The molecule has 4 aromatic heterocycles. The largest absolute Gasteiger partial charge is 0.398 e. The summed E-state index contributed by atoms with van der Waals surface area (Å²) >= 11 is 1.44. The lowest BCUT2D eigenvalue weighted by Gasteiger charge is -2.10. The number of thiazole rings is 1. The van der Waals surface area contributed by atoms with Crippen molar-refractivity contribution < 1.29 is 0 Å². The van der Waals surface area contributed by atoms with Crippen molar-refractivity contribution in [1.29, 1.82) is 5.41 Å². The van der Waals surface area contributed by atoms with Gasteiger partial charge in [-0.15, -0.1) is 11.3 Å². The summed E-state index contributed by atoms with van der Waals surface area (Å²) in [6.45, 7) is 0.563. The number of benzene rings is 1. The second-order valence-electron chi connectivity index (χ2n) is 7.15. The van der Waals surface area contributed by atoms with Crippen molar-refractivity contribution >= 4 is 44.5 Å².